The molecule has 3 aromatic rings. The minimum atomic E-state index is 0.545. The Morgan fingerprint density at radius 2 is 1.88 bits per heavy atom. The maximum absolute atomic E-state index is 5.58. The third-order valence-corrected chi connectivity index (χ3v) is 6.16. The summed E-state index contributed by atoms with van der Waals surface area (Å²) in [5.41, 5.74) is 1.26. The van der Waals surface area contributed by atoms with Crippen LogP contribution in [0.2, 0.25) is 0 Å². The molecule has 136 valence electrons. The van der Waals surface area contributed by atoms with E-state index in [1.807, 2.05) is 0 Å². The van der Waals surface area contributed by atoms with Gasteiger partial charge in [0.2, 0.25) is 0 Å². The summed E-state index contributed by atoms with van der Waals surface area (Å²) in [5.74, 6) is 3.57. The number of ether oxygens (including phenoxy) is 1. The average molecular weight is 350 g/mol. The number of nitrogens with zero attached hydrogens (tertiary/aromatic N) is 4. The Bertz CT molecular complexity index is 890. The summed E-state index contributed by atoms with van der Waals surface area (Å²) in [6, 6.07) is 10.7. The molecule has 1 atom stereocenters. The molecule has 0 saturated carbocycles. The first-order chi connectivity index (χ1) is 12.9. The molecule has 1 saturated heterocycles. The van der Waals surface area contributed by atoms with Crippen molar-refractivity contribution < 1.29 is 4.74 Å². The molecule has 0 unspecified atom stereocenters. The molecule has 1 fully saturated rings. The Morgan fingerprint density at radius 1 is 1.00 bits per heavy atom. The van der Waals surface area contributed by atoms with Crippen LogP contribution in [0.3, 0.4) is 0 Å². The highest BCUT2D eigenvalue weighted by Crippen LogP contribution is 2.37. The molecule has 5 nitrogen and oxygen atoms in total. The molecule has 0 N–H and O–H groups in total. The van der Waals surface area contributed by atoms with Gasteiger partial charge < -0.3 is 13.9 Å². The van der Waals surface area contributed by atoms with Gasteiger partial charge in [0.25, 0.3) is 0 Å². The van der Waals surface area contributed by atoms with Crippen molar-refractivity contribution in [1.82, 2.24) is 19.3 Å². The van der Waals surface area contributed by atoms with Gasteiger partial charge in [-0.3, -0.25) is 0 Å². The summed E-state index contributed by atoms with van der Waals surface area (Å²) in [5, 5.41) is 10.6. The number of para-hydroxylation sites is 1. The Labute approximate surface area is 154 Å². The number of fused-ring (bicyclic) bond motifs is 2. The lowest BCUT2D eigenvalue weighted by atomic mass is 9.82. The summed E-state index contributed by atoms with van der Waals surface area (Å²) in [7, 11) is 0. The zero-order valence-electron chi connectivity index (χ0n) is 15.2. The standard InChI is InChI=1S/C21H26N4O/c1-2-7-19-17(5-1)8-12-24(19)15-20-22-23-21-18(6-3-4-11-25(20)21)16-9-13-26-14-10-16/h1-2,5,7-8,12,16,18H,3-4,6,9-11,13-15H2/t18-/m0/s1. The smallest absolute Gasteiger partial charge is 0.153 e. The Kier molecular flexibility index (Phi) is 4.25. The molecular weight excluding hydrogens is 324 g/mol. The predicted molar refractivity (Wildman–Crippen MR) is 101 cm³/mol. The van der Waals surface area contributed by atoms with Crippen LogP contribution in [0.1, 0.15) is 49.7 Å². The van der Waals surface area contributed by atoms with Gasteiger partial charge >= 0.3 is 0 Å². The van der Waals surface area contributed by atoms with E-state index in [4.69, 9.17) is 9.84 Å². The second-order valence-corrected chi connectivity index (χ2v) is 7.68. The van der Waals surface area contributed by atoms with Crippen LogP contribution in [0.5, 0.6) is 0 Å². The summed E-state index contributed by atoms with van der Waals surface area (Å²) in [6.07, 6.45) is 8.25. The number of hydrogen-bond acceptors (Lipinski definition) is 3. The van der Waals surface area contributed by atoms with Gasteiger partial charge in [-0.25, -0.2) is 0 Å². The van der Waals surface area contributed by atoms with Crippen LogP contribution in [0.25, 0.3) is 10.9 Å². The van der Waals surface area contributed by atoms with Crippen molar-refractivity contribution in [2.45, 2.75) is 51.1 Å². The van der Waals surface area contributed by atoms with Gasteiger partial charge in [0.1, 0.15) is 5.82 Å². The van der Waals surface area contributed by atoms with Gasteiger partial charge in [-0.15, -0.1) is 10.2 Å². The molecule has 0 radical (unpaired) electrons. The van der Waals surface area contributed by atoms with Gasteiger partial charge in [0, 0.05) is 37.4 Å². The predicted octanol–water partition coefficient (Wildman–Crippen LogP) is 3.98. The van der Waals surface area contributed by atoms with E-state index in [0.29, 0.717) is 11.8 Å². The lowest BCUT2D eigenvalue weighted by Crippen LogP contribution is -2.24. The molecule has 26 heavy (non-hydrogen) atoms. The lowest BCUT2D eigenvalue weighted by Gasteiger charge is -2.29. The van der Waals surface area contributed by atoms with Crippen LogP contribution in [0.4, 0.5) is 0 Å². The molecule has 2 aliphatic heterocycles. The fourth-order valence-electron chi connectivity index (χ4n) is 4.74. The second-order valence-electron chi connectivity index (χ2n) is 7.68. The van der Waals surface area contributed by atoms with E-state index < -0.39 is 0 Å². The van der Waals surface area contributed by atoms with Crippen molar-refractivity contribution in [3.63, 3.8) is 0 Å². The monoisotopic (exact) mass is 350 g/mol. The van der Waals surface area contributed by atoms with Crippen LogP contribution >= 0.6 is 0 Å². The molecule has 5 rings (SSSR count). The summed E-state index contributed by atoms with van der Waals surface area (Å²) < 4.78 is 10.3. The fraction of sp³-hybridized carbons (Fsp3) is 0.524. The minimum absolute atomic E-state index is 0.545. The number of rotatable bonds is 3. The Balaban J connectivity index is 1.47. The van der Waals surface area contributed by atoms with E-state index in [-0.39, 0.29) is 0 Å². The molecule has 1 aromatic carbocycles. The molecule has 5 heteroatoms. The lowest BCUT2D eigenvalue weighted by molar-refractivity contribution is 0.0556. The van der Waals surface area contributed by atoms with Gasteiger partial charge in [0.05, 0.1) is 6.54 Å². The van der Waals surface area contributed by atoms with Gasteiger partial charge in [-0.1, -0.05) is 24.6 Å². The third-order valence-electron chi connectivity index (χ3n) is 6.16. The van der Waals surface area contributed by atoms with Crippen LogP contribution in [0.15, 0.2) is 36.5 Å². The number of hydrogen-bond donors (Lipinski definition) is 0. The van der Waals surface area contributed by atoms with Gasteiger partial charge in [-0.05, 0) is 49.1 Å². The van der Waals surface area contributed by atoms with Crippen LogP contribution in [-0.2, 0) is 17.8 Å². The molecule has 0 amide bonds. The highest BCUT2D eigenvalue weighted by atomic mass is 16.5. The van der Waals surface area contributed by atoms with Crippen molar-refractivity contribution in [2.24, 2.45) is 5.92 Å². The Morgan fingerprint density at radius 3 is 2.81 bits per heavy atom. The molecule has 4 heterocycles. The van der Waals surface area contributed by atoms with Crippen molar-refractivity contribution in [1.29, 1.82) is 0 Å². The number of aromatic nitrogens is 4. The summed E-state index contributed by atoms with van der Waals surface area (Å²) in [4.78, 5) is 0. The molecule has 0 spiro atoms. The third kappa shape index (κ3) is 2.84. The SMILES string of the molecule is c1ccc2c(c1)ccn2Cc1nnc2n1CCCC[C@H]2C1CCOCC1. The van der Waals surface area contributed by atoms with Crippen molar-refractivity contribution >= 4 is 10.9 Å². The van der Waals surface area contributed by atoms with E-state index in [9.17, 15) is 0 Å². The maximum Gasteiger partial charge on any atom is 0.153 e. The van der Waals surface area contributed by atoms with Crippen LogP contribution in [0, 0.1) is 5.92 Å². The normalized spacial score (nSPS) is 21.6. The maximum atomic E-state index is 5.58. The van der Waals surface area contributed by atoms with E-state index in [1.54, 1.807) is 0 Å². The van der Waals surface area contributed by atoms with Crippen LogP contribution < -0.4 is 0 Å². The quantitative estimate of drug-likeness (QED) is 0.718. The van der Waals surface area contributed by atoms with E-state index in [0.717, 1.165) is 45.0 Å². The summed E-state index contributed by atoms with van der Waals surface area (Å²) >= 11 is 0. The molecule has 0 aliphatic carbocycles. The number of benzene rings is 1. The Hall–Kier alpha value is -2.14. The first kappa shape index (κ1) is 16.1. The molecule has 0 bridgehead atoms. The zero-order chi connectivity index (χ0) is 17.3. The van der Waals surface area contributed by atoms with E-state index in [2.05, 4.69) is 50.8 Å². The van der Waals surface area contributed by atoms with Crippen molar-refractivity contribution in [3.8, 4) is 0 Å². The average Bonchev–Trinajstić information content (AvgIpc) is 3.21. The van der Waals surface area contributed by atoms with E-state index in [1.165, 1.54) is 36.0 Å². The molecular formula is C21H26N4O. The van der Waals surface area contributed by atoms with Crippen LogP contribution in [-0.4, -0.2) is 32.5 Å². The minimum Gasteiger partial charge on any atom is -0.381 e. The fourth-order valence-corrected chi connectivity index (χ4v) is 4.74. The second kappa shape index (κ2) is 6.88. The topological polar surface area (TPSA) is 44.9 Å². The van der Waals surface area contributed by atoms with Crippen molar-refractivity contribution in [3.05, 3.63) is 48.2 Å². The van der Waals surface area contributed by atoms with Gasteiger partial charge in [-0.2, -0.15) is 0 Å². The van der Waals surface area contributed by atoms with Gasteiger partial charge in [0.15, 0.2) is 5.82 Å². The largest absolute Gasteiger partial charge is 0.381 e. The zero-order valence-corrected chi connectivity index (χ0v) is 15.2. The van der Waals surface area contributed by atoms with Crippen molar-refractivity contribution in [2.75, 3.05) is 13.2 Å². The molecule has 2 aliphatic rings. The highest BCUT2D eigenvalue weighted by molar-refractivity contribution is 5.79. The van der Waals surface area contributed by atoms with E-state index >= 15 is 0 Å². The highest BCUT2D eigenvalue weighted by Gasteiger charge is 2.31. The first-order valence-electron chi connectivity index (χ1n) is 9.94. The molecule has 2 aromatic heterocycles. The summed E-state index contributed by atoms with van der Waals surface area (Å²) in [6.45, 7) is 3.65. The first-order valence-corrected chi connectivity index (χ1v) is 9.94.